The minimum absolute atomic E-state index is 0.0471. The second-order valence-corrected chi connectivity index (χ2v) is 42.2. The van der Waals surface area contributed by atoms with Crippen molar-refractivity contribution in [2.45, 2.75) is 320 Å². The predicted molar refractivity (Wildman–Crippen MR) is 563 cm³/mol. The molecular formula is C109H163N17O11S. The van der Waals surface area contributed by atoms with Crippen molar-refractivity contribution in [1.82, 2.24) is 65.8 Å². The maximum Gasteiger partial charge on any atom is 0.253 e. The van der Waals surface area contributed by atoms with Crippen LogP contribution in [0.4, 0.5) is 22.7 Å². The van der Waals surface area contributed by atoms with Crippen LogP contribution in [0.25, 0.3) is 0 Å². The van der Waals surface area contributed by atoms with Gasteiger partial charge in [0.1, 0.15) is 5.75 Å². The second-order valence-electron chi connectivity index (χ2n) is 39.9. The minimum Gasteiger partial charge on any atom is -0.497 e. The van der Waals surface area contributed by atoms with Gasteiger partial charge in [-0.2, -0.15) is 0 Å². The highest BCUT2D eigenvalue weighted by Crippen LogP contribution is 2.40. The molecule has 12 rings (SSSR count). The summed E-state index contributed by atoms with van der Waals surface area (Å²) in [5.41, 5.74) is 19.2. The molecule has 0 atom stereocenters. The summed E-state index contributed by atoms with van der Waals surface area (Å²) in [6.45, 7) is 41.4. The normalized spacial score (nSPS) is 18.3. The van der Waals surface area contributed by atoms with Gasteiger partial charge in [0.2, 0.25) is 0 Å². The van der Waals surface area contributed by atoms with Crippen LogP contribution in [0.3, 0.4) is 0 Å². The topological polar surface area (TPSA) is 330 Å². The molecule has 5 heterocycles. The highest BCUT2D eigenvalue weighted by molar-refractivity contribution is 7.91. The molecule has 28 nitrogen and oxygen atoms in total. The number of aromatic nitrogens is 5. The van der Waals surface area contributed by atoms with Gasteiger partial charge in [-0.05, 0) is 380 Å². The molecule has 0 radical (unpaired) electrons. The minimum atomic E-state index is -3.54. The third-order valence-electron chi connectivity index (χ3n) is 29.5. The van der Waals surface area contributed by atoms with Crippen molar-refractivity contribution in [3.8, 4) is 5.75 Å². The van der Waals surface area contributed by atoms with Crippen molar-refractivity contribution < 1.29 is 32.3 Å². The van der Waals surface area contributed by atoms with Gasteiger partial charge < -0.3 is 85.1 Å². The third-order valence-corrected chi connectivity index (χ3v) is 31.3. The van der Waals surface area contributed by atoms with Crippen molar-refractivity contribution in [3.63, 3.8) is 0 Å². The van der Waals surface area contributed by atoms with Crippen molar-refractivity contribution >= 4 is 56.2 Å². The quantitative estimate of drug-likeness (QED) is 0.0194. The monoisotopic (exact) mass is 1920 g/mol. The average molecular weight is 1920 g/mol. The lowest BCUT2D eigenvalue weighted by molar-refractivity contribution is 0.0941. The lowest BCUT2D eigenvalue weighted by Gasteiger charge is -2.40. The first-order valence-corrected chi connectivity index (χ1v) is 51.7. The first-order valence-electron chi connectivity index (χ1n) is 50.1. The van der Waals surface area contributed by atoms with E-state index in [0.717, 1.165) is 155 Å². The summed E-state index contributed by atoms with van der Waals surface area (Å²) < 4.78 is 31.5. The Hall–Kier alpha value is -10.7. The standard InChI is InChI=1S/C29H44N4O2.C28H42N4O4S.C27H40N4O3.C25H37N5O2/c1-9-33(24-12-10-23(11-13-24)32(7)8)27-16-22(18(2)3)15-25(21(27)6)28(34)30-17-26-19(4)14-20(5)31-29(26)35;1-8-32(22-12-10-21(11-13-22)31(6)7)26-16-23(37(35,36)9-2)15-24(20(26)5)27(33)29-17-25-18(3)14-19(4)30-28(25)34;1-8-31(21-11-9-20(10-12-21)30(5)6)25-15-22(34-7)14-23(19(25)4)26(32)28-16-24-17(2)13-18(3)29-27(24)33;1-7-30(20-10-8-19(9-11-20)29(5)6)23-15-26-13-22(18(23)4)24(31)27-14-21-16(2)12-17(3)28-25(21)32/h14-16,18,23-24H,9-13,17H2,1-8H3,(H,30,34)(H,31,35);14-16,21-22H,8-13,17H2,1-7H3,(H,29,33)(H,30,34);13-15,20-21H,8-12,16H2,1-7H3,(H,28,32)(H,29,33);12-13,15,19-20H,7-11,14H2,1-6H3,(H,27,31)(H,28,32). The number of carbonyl (C=O) groups excluding carboxylic acids is 4. The van der Waals surface area contributed by atoms with Crippen LogP contribution >= 0.6 is 0 Å². The Morgan fingerprint density at radius 3 is 0.891 bits per heavy atom. The summed E-state index contributed by atoms with van der Waals surface area (Å²) in [6.07, 6.45) is 21.7. The van der Waals surface area contributed by atoms with E-state index in [1.54, 1.807) is 32.4 Å². The van der Waals surface area contributed by atoms with Crippen molar-refractivity contribution in [3.05, 3.63) is 232 Å². The number of carbonyl (C=O) groups is 4. The fourth-order valence-corrected chi connectivity index (χ4v) is 21.9. The number of benzene rings is 3. The maximum atomic E-state index is 13.4. The highest BCUT2D eigenvalue weighted by atomic mass is 32.2. The van der Waals surface area contributed by atoms with E-state index in [4.69, 9.17) is 4.74 Å². The largest absolute Gasteiger partial charge is 0.497 e. The first kappa shape index (κ1) is 111. The van der Waals surface area contributed by atoms with Crippen LogP contribution in [0.15, 0.2) is 97.1 Å². The molecule has 0 aliphatic heterocycles. The van der Waals surface area contributed by atoms with Crippen molar-refractivity contribution in [2.75, 3.05) is 115 Å². The Balaban J connectivity index is 0.000000206. The third kappa shape index (κ3) is 28.1. The number of anilines is 4. The van der Waals surface area contributed by atoms with Gasteiger partial charge in [-0.15, -0.1) is 0 Å². The number of pyridine rings is 5. The van der Waals surface area contributed by atoms with Crippen LogP contribution in [-0.4, -0.2) is 220 Å². The van der Waals surface area contributed by atoms with Crippen LogP contribution in [0.1, 0.15) is 294 Å². The fraction of sp³-hybridized carbons (Fsp3) is 0.569. The Morgan fingerprint density at radius 1 is 0.355 bits per heavy atom. The van der Waals surface area contributed by atoms with E-state index in [0.29, 0.717) is 105 Å². The molecule has 0 unspecified atom stereocenters. The number of H-pyrrole nitrogens is 4. The Kier molecular flexibility index (Phi) is 40.5. The predicted octanol–water partition coefficient (Wildman–Crippen LogP) is 16.0. The lowest BCUT2D eigenvalue weighted by Crippen LogP contribution is -2.42. The van der Waals surface area contributed by atoms with Crippen molar-refractivity contribution in [1.29, 1.82) is 0 Å². The van der Waals surface area contributed by atoms with E-state index >= 15 is 0 Å². The van der Waals surface area contributed by atoms with Gasteiger partial charge >= 0.3 is 0 Å². The molecular weight excluding hydrogens is 1760 g/mol. The van der Waals surface area contributed by atoms with Gasteiger partial charge in [-0.1, -0.05) is 20.8 Å². The summed E-state index contributed by atoms with van der Waals surface area (Å²) in [5, 5.41) is 11.7. The summed E-state index contributed by atoms with van der Waals surface area (Å²) >= 11 is 0. The molecule has 0 saturated heterocycles. The zero-order valence-corrected chi connectivity index (χ0v) is 89.0. The Morgan fingerprint density at radius 2 is 0.616 bits per heavy atom. The molecule has 4 saturated carbocycles. The molecule has 0 bridgehead atoms. The van der Waals surface area contributed by atoms with E-state index in [1.165, 1.54) is 68.7 Å². The number of nitrogens with one attached hydrogen (secondary N) is 8. The van der Waals surface area contributed by atoms with Crippen LogP contribution in [0.2, 0.25) is 0 Å². The van der Waals surface area contributed by atoms with Gasteiger partial charge in [0.05, 0.1) is 35.2 Å². The average Bonchev–Trinajstić information content (AvgIpc) is 0.773. The first-order chi connectivity index (χ1) is 65.3. The number of rotatable bonds is 32. The van der Waals surface area contributed by atoms with E-state index in [2.05, 4.69) is 196 Å². The van der Waals surface area contributed by atoms with E-state index in [-0.39, 0.29) is 82.8 Å². The summed E-state index contributed by atoms with van der Waals surface area (Å²) in [5.74, 6) is 0.000573. The molecule has 5 aromatic heterocycles. The van der Waals surface area contributed by atoms with Gasteiger partial charge in [0, 0.05) is 192 Å². The molecule has 756 valence electrons. The number of sulfone groups is 1. The number of aromatic amines is 4. The van der Waals surface area contributed by atoms with E-state index in [9.17, 15) is 46.8 Å². The fourth-order valence-electron chi connectivity index (χ4n) is 21.0. The molecule has 4 aliphatic carbocycles. The maximum absolute atomic E-state index is 13.4. The smallest absolute Gasteiger partial charge is 0.253 e. The Bertz CT molecular complexity index is 5880. The highest BCUT2D eigenvalue weighted by Gasteiger charge is 2.35. The summed E-state index contributed by atoms with van der Waals surface area (Å²) in [7, 11) is 15.3. The van der Waals surface area contributed by atoms with E-state index in [1.807, 2.05) is 119 Å². The zero-order chi connectivity index (χ0) is 102. The van der Waals surface area contributed by atoms with Crippen LogP contribution < -0.4 is 67.8 Å². The SMILES string of the molecule is CCN(c1cc(C(C)C)cc(C(=O)NCc2c(C)cc(C)[nH]c2=O)c1C)C1CCC(N(C)C)CC1.CCN(c1cc(OC)cc(C(=O)NCc2c(C)cc(C)[nH]c2=O)c1C)C1CCC(N(C)C)CC1.CCN(c1cc(S(=O)(=O)CC)cc(C(=O)NCc2c(C)cc(C)[nH]c2=O)c1C)C1CCC(N(C)C)CC1.CCN(c1cncc(C(=O)NCc2c(C)cc(C)[nH]c2=O)c1C)C1CCC(N(C)C)CC1. The molecule has 3 aromatic carbocycles. The number of nitrogens with zero attached hydrogens (tertiary/aromatic N) is 9. The van der Waals surface area contributed by atoms with Gasteiger partial charge in [-0.3, -0.25) is 43.3 Å². The number of aryl methyl sites for hydroxylation is 8. The van der Waals surface area contributed by atoms with Crippen LogP contribution in [0, 0.1) is 83.1 Å². The number of hydrogen-bond acceptors (Lipinski definition) is 20. The molecule has 8 N–H and O–H groups in total. The zero-order valence-electron chi connectivity index (χ0n) is 88.2. The van der Waals surface area contributed by atoms with Gasteiger partial charge in [-0.25, -0.2) is 8.42 Å². The molecule has 4 amide bonds. The number of ether oxygens (including phenoxy) is 1. The number of hydrogen-bond donors (Lipinski definition) is 8. The number of methoxy groups -OCH3 is 1. The number of amides is 4. The molecule has 4 aliphatic rings. The van der Waals surface area contributed by atoms with Gasteiger partial charge in [0.15, 0.2) is 9.84 Å². The summed E-state index contributed by atoms with van der Waals surface area (Å²) in [6, 6.07) is 23.2. The van der Waals surface area contributed by atoms with Crippen LogP contribution in [-0.2, 0) is 36.0 Å². The molecule has 4 fully saturated rings. The second kappa shape index (κ2) is 50.4. The molecule has 0 spiro atoms. The lowest BCUT2D eigenvalue weighted by atomic mass is 9.88. The van der Waals surface area contributed by atoms with E-state index < -0.39 is 15.7 Å². The molecule has 8 aromatic rings. The van der Waals surface area contributed by atoms with Gasteiger partial charge in [0.25, 0.3) is 45.9 Å². The molecule has 138 heavy (non-hydrogen) atoms. The molecule has 29 heteroatoms. The van der Waals surface area contributed by atoms with Crippen molar-refractivity contribution in [2.24, 2.45) is 0 Å². The summed E-state index contributed by atoms with van der Waals surface area (Å²) in [4.78, 5) is 137. The Labute approximate surface area is 821 Å². The van der Waals surface area contributed by atoms with Crippen LogP contribution in [0.5, 0.6) is 5.75 Å².